The fourth-order valence-corrected chi connectivity index (χ4v) is 4.67. The lowest BCUT2D eigenvalue weighted by Crippen LogP contribution is -2.31. The Kier molecular flexibility index (Phi) is 7.92. The van der Waals surface area contributed by atoms with Gasteiger partial charge in [0.2, 0.25) is 0 Å². The summed E-state index contributed by atoms with van der Waals surface area (Å²) in [6, 6.07) is 14.3. The lowest BCUT2D eigenvalue weighted by Gasteiger charge is -2.16. The minimum absolute atomic E-state index is 0.105. The van der Waals surface area contributed by atoms with Gasteiger partial charge in [0.15, 0.2) is 23.3 Å². The molecule has 15 heteroatoms. The molecule has 0 saturated carbocycles. The predicted octanol–water partition coefficient (Wildman–Crippen LogP) is 8.00. The second-order valence-corrected chi connectivity index (χ2v) is 9.77. The number of hydrogen-bond acceptors (Lipinski definition) is 6. The summed E-state index contributed by atoms with van der Waals surface area (Å²) in [5.74, 6) is -1.58. The van der Waals surface area contributed by atoms with Gasteiger partial charge in [0.25, 0.3) is 0 Å². The number of carboxylic acid groups (broad SMARTS) is 1. The number of nitrogens with zero attached hydrogens (tertiary/aromatic N) is 2. The number of alkyl halides is 6. The molecule has 2 heterocycles. The zero-order valence-corrected chi connectivity index (χ0v) is 22.5. The van der Waals surface area contributed by atoms with E-state index in [4.69, 9.17) is 20.9 Å². The molecule has 0 radical (unpaired) electrons. The number of ether oxygens (including phenoxy) is 3. The van der Waals surface area contributed by atoms with Crippen molar-refractivity contribution in [2.75, 3.05) is 6.61 Å². The number of rotatable bonds is 9. The van der Waals surface area contributed by atoms with Gasteiger partial charge in [-0.3, -0.25) is 4.57 Å². The molecule has 226 valence electrons. The second-order valence-electron chi connectivity index (χ2n) is 9.33. The van der Waals surface area contributed by atoms with Crippen LogP contribution in [0, 0.1) is 6.92 Å². The van der Waals surface area contributed by atoms with Crippen molar-refractivity contribution in [1.29, 1.82) is 0 Å². The molecule has 0 fully saturated rings. The third-order valence-corrected chi connectivity index (χ3v) is 6.48. The summed E-state index contributed by atoms with van der Waals surface area (Å²) < 4.78 is 98.6. The fourth-order valence-electron chi connectivity index (χ4n) is 4.51. The average molecular weight is 629 g/mol. The number of halogens is 7. The van der Waals surface area contributed by atoms with Crippen LogP contribution >= 0.6 is 11.6 Å². The molecule has 0 saturated heterocycles. The van der Waals surface area contributed by atoms with E-state index in [2.05, 4.69) is 14.6 Å². The van der Waals surface area contributed by atoms with E-state index < -0.39 is 43.4 Å². The average Bonchev–Trinajstić information content (AvgIpc) is 3.42. The maximum Gasteiger partial charge on any atom is 0.573 e. The Hall–Kier alpha value is -4.43. The lowest BCUT2D eigenvalue weighted by atomic mass is 10.1. The lowest BCUT2D eigenvalue weighted by molar-refractivity contribution is -0.274. The van der Waals surface area contributed by atoms with Crippen molar-refractivity contribution in [2.24, 2.45) is 0 Å². The molecule has 43 heavy (non-hydrogen) atoms. The third-order valence-electron chi connectivity index (χ3n) is 6.24. The maximum atomic E-state index is 13.0. The summed E-state index contributed by atoms with van der Waals surface area (Å²) in [5.41, 5.74) is 1.41. The highest BCUT2D eigenvalue weighted by molar-refractivity contribution is 6.31. The molecular formula is C28H19ClF6N2O6. The molecule has 8 nitrogen and oxygen atoms in total. The van der Waals surface area contributed by atoms with Gasteiger partial charge in [-0.05, 0) is 55.0 Å². The number of hydrogen-bond donors (Lipinski definition) is 1. The largest absolute Gasteiger partial charge is 0.573 e. The Bertz CT molecular complexity index is 1810. The molecule has 0 aliphatic heterocycles. The third kappa shape index (κ3) is 6.81. The summed E-state index contributed by atoms with van der Waals surface area (Å²) in [4.78, 5) is 11.5. The van der Waals surface area contributed by atoms with Crippen LogP contribution in [0.2, 0.25) is 5.02 Å². The van der Waals surface area contributed by atoms with Crippen LogP contribution in [0.1, 0.15) is 11.3 Å². The summed E-state index contributed by atoms with van der Waals surface area (Å²) in [5, 5.41) is 14.6. The van der Waals surface area contributed by atoms with E-state index in [1.807, 2.05) is 0 Å². The SMILES string of the molecule is Cc1c(Oc2cccc(CC(OCC(F)(F)F)C(=O)O)c2)c2cc(OC(F)(F)F)ccc2n1-c1noc2cc(Cl)ccc12. The molecule has 1 atom stereocenters. The Morgan fingerprint density at radius 3 is 2.49 bits per heavy atom. The van der Waals surface area contributed by atoms with Gasteiger partial charge in [0.1, 0.15) is 18.1 Å². The topological polar surface area (TPSA) is 96.0 Å². The van der Waals surface area contributed by atoms with Gasteiger partial charge < -0.3 is 23.8 Å². The van der Waals surface area contributed by atoms with Crippen molar-refractivity contribution in [3.63, 3.8) is 0 Å². The van der Waals surface area contributed by atoms with Gasteiger partial charge in [0, 0.05) is 22.9 Å². The molecule has 1 unspecified atom stereocenters. The van der Waals surface area contributed by atoms with Crippen LogP contribution < -0.4 is 9.47 Å². The Morgan fingerprint density at radius 1 is 1.02 bits per heavy atom. The van der Waals surface area contributed by atoms with Crippen LogP contribution in [0.15, 0.2) is 65.2 Å². The molecule has 0 aliphatic rings. The summed E-state index contributed by atoms with van der Waals surface area (Å²) >= 11 is 6.05. The maximum absolute atomic E-state index is 13.0. The van der Waals surface area contributed by atoms with E-state index in [1.54, 1.807) is 29.7 Å². The quantitative estimate of drug-likeness (QED) is 0.165. The van der Waals surface area contributed by atoms with Crippen molar-refractivity contribution in [1.82, 2.24) is 9.72 Å². The molecule has 5 aromatic rings. The first-order valence-electron chi connectivity index (χ1n) is 12.3. The van der Waals surface area contributed by atoms with E-state index in [0.29, 0.717) is 33.0 Å². The summed E-state index contributed by atoms with van der Waals surface area (Å²) in [6.45, 7) is -0.116. The van der Waals surface area contributed by atoms with Gasteiger partial charge in [-0.1, -0.05) is 28.9 Å². The van der Waals surface area contributed by atoms with Gasteiger partial charge in [-0.15, -0.1) is 13.2 Å². The summed E-state index contributed by atoms with van der Waals surface area (Å²) in [7, 11) is 0. The van der Waals surface area contributed by atoms with E-state index in [0.717, 1.165) is 12.1 Å². The van der Waals surface area contributed by atoms with Crippen LogP contribution in [-0.4, -0.2) is 46.0 Å². The first-order chi connectivity index (χ1) is 20.2. The van der Waals surface area contributed by atoms with Crippen LogP contribution in [-0.2, 0) is 16.0 Å². The van der Waals surface area contributed by atoms with Gasteiger partial charge in [-0.2, -0.15) is 13.2 Å². The van der Waals surface area contributed by atoms with E-state index in [9.17, 15) is 36.2 Å². The fraction of sp³-hybridized carbons (Fsp3) is 0.214. The van der Waals surface area contributed by atoms with Crippen LogP contribution in [0.25, 0.3) is 27.7 Å². The highest BCUT2D eigenvalue weighted by atomic mass is 35.5. The zero-order valence-electron chi connectivity index (χ0n) is 21.8. The molecular weight excluding hydrogens is 610 g/mol. The Balaban J connectivity index is 1.56. The molecule has 1 N–H and O–H groups in total. The minimum atomic E-state index is -4.96. The number of aromatic nitrogens is 2. The second kappa shape index (κ2) is 11.3. The normalized spacial score (nSPS) is 13.0. The first-order valence-corrected chi connectivity index (χ1v) is 12.7. The standard InChI is InChI=1S/C28H19ClF6N2O6/c1-14-24(41-17-4-2-3-15(9-17)10-23(26(38)39)40-13-27(30,31)32)20-12-18(42-28(33,34)35)6-8-21(20)37(14)25-19-7-5-16(29)11-22(19)43-36-25/h2-9,11-12,23H,10,13H2,1H3,(H,38,39). The first kappa shape index (κ1) is 30.0. The predicted molar refractivity (Wildman–Crippen MR) is 141 cm³/mol. The number of aliphatic carboxylic acids is 1. The highest BCUT2D eigenvalue weighted by Gasteiger charge is 2.33. The van der Waals surface area contributed by atoms with Gasteiger partial charge >= 0.3 is 18.5 Å². The number of benzene rings is 3. The van der Waals surface area contributed by atoms with Crippen LogP contribution in [0.4, 0.5) is 26.3 Å². The molecule has 3 aromatic carbocycles. The van der Waals surface area contributed by atoms with Gasteiger partial charge in [0.05, 0.1) is 16.6 Å². The Morgan fingerprint density at radius 2 is 1.79 bits per heavy atom. The summed E-state index contributed by atoms with van der Waals surface area (Å²) in [6.07, 6.45) is -11.9. The zero-order chi connectivity index (χ0) is 31.1. The number of carbonyl (C=O) groups is 1. The monoisotopic (exact) mass is 628 g/mol. The van der Waals surface area contributed by atoms with Crippen molar-refractivity contribution >= 4 is 39.4 Å². The highest BCUT2D eigenvalue weighted by Crippen LogP contribution is 2.41. The van der Waals surface area contributed by atoms with Crippen molar-refractivity contribution in [3.8, 4) is 23.1 Å². The molecule has 5 rings (SSSR count). The molecule has 0 spiro atoms. The van der Waals surface area contributed by atoms with E-state index >= 15 is 0 Å². The number of fused-ring (bicyclic) bond motifs is 2. The Labute approximate surface area is 242 Å². The molecule has 0 bridgehead atoms. The molecule has 2 aromatic heterocycles. The van der Waals surface area contributed by atoms with Crippen molar-refractivity contribution in [2.45, 2.75) is 32.0 Å². The molecule has 0 aliphatic carbocycles. The number of carboxylic acids is 1. The minimum Gasteiger partial charge on any atom is -0.479 e. The van der Waals surface area contributed by atoms with E-state index in [1.165, 1.54) is 30.3 Å². The van der Waals surface area contributed by atoms with E-state index in [-0.39, 0.29) is 22.4 Å². The smallest absolute Gasteiger partial charge is 0.479 e. The van der Waals surface area contributed by atoms with Crippen LogP contribution in [0.3, 0.4) is 0 Å². The van der Waals surface area contributed by atoms with Crippen LogP contribution in [0.5, 0.6) is 17.2 Å². The molecule has 0 amide bonds. The van der Waals surface area contributed by atoms with Crippen molar-refractivity contribution in [3.05, 3.63) is 76.9 Å². The van der Waals surface area contributed by atoms with Crippen molar-refractivity contribution < 1.29 is 55.0 Å². The van der Waals surface area contributed by atoms with Gasteiger partial charge in [-0.25, -0.2) is 4.79 Å².